The highest BCUT2D eigenvalue weighted by atomic mass is 16.5. The van der Waals surface area contributed by atoms with Crippen molar-refractivity contribution in [2.75, 3.05) is 33.2 Å². The summed E-state index contributed by atoms with van der Waals surface area (Å²) in [5, 5.41) is 4.59. The summed E-state index contributed by atoms with van der Waals surface area (Å²) in [7, 11) is 2.03. The van der Waals surface area contributed by atoms with Crippen molar-refractivity contribution in [1.82, 2.24) is 15.2 Å². The minimum Gasteiger partial charge on any atom is -0.490 e. The minimum atomic E-state index is 0.154. The number of nitrogens with zero attached hydrogens (tertiary/aromatic N) is 1. The topological polar surface area (TPSA) is 40.3 Å². The molecule has 2 aromatic carbocycles. The van der Waals surface area contributed by atoms with Crippen LogP contribution in [-0.4, -0.2) is 49.2 Å². The summed E-state index contributed by atoms with van der Waals surface area (Å²) < 4.78 is 6.08. The van der Waals surface area contributed by atoms with Gasteiger partial charge >= 0.3 is 0 Å². The molecule has 1 fully saturated rings. The van der Waals surface area contributed by atoms with Gasteiger partial charge in [0.1, 0.15) is 5.75 Å². The molecule has 30 heavy (non-hydrogen) atoms. The highest BCUT2D eigenvalue weighted by molar-refractivity contribution is 5.92. The van der Waals surface area contributed by atoms with Crippen LogP contribution >= 0.6 is 0 Å². The van der Waals surface area contributed by atoms with Crippen LogP contribution in [0.15, 0.2) is 42.5 Å². The number of H-pyrrole nitrogens is 1. The van der Waals surface area contributed by atoms with Crippen molar-refractivity contribution in [2.45, 2.75) is 45.6 Å². The fraction of sp³-hybridized carbons (Fsp3) is 0.462. The van der Waals surface area contributed by atoms with Gasteiger partial charge in [-0.15, -0.1) is 0 Å². The third-order valence-corrected chi connectivity index (χ3v) is 6.34. The van der Waals surface area contributed by atoms with Crippen molar-refractivity contribution >= 4 is 10.9 Å². The standard InChI is InChI=1S/C26H35N3O/c1-18(2)30-25-8-6-5-7-22(25)26-19(3)23-17-21(9-10-24(23)28-26)20-11-14-29(15-12-20)16-13-27-4/h5-10,17-18,20,27-28H,11-16H2,1-4H3. The van der Waals surface area contributed by atoms with E-state index >= 15 is 0 Å². The monoisotopic (exact) mass is 405 g/mol. The maximum absolute atomic E-state index is 6.08. The van der Waals surface area contributed by atoms with Crippen molar-refractivity contribution in [2.24, 2.45) is 0 Å². The van der Waals surface area contributed by atoms with Crippen LogP contribution in [-0.2, 0) is 0 Å². The Bertz CT molecular complexity index is 983. The fourth-order valence-electron chi connectivity index (χ4n) is 4.66. The second kappa shape index (κ2) is 9.23. The molecule has 1 aliphatic rings. The lowest BCUT2D eigenvalue weighted by atomic mass is 9.88. The number of piperidine rings is 1. The Morgan fingerprint density at radius 2 is 1.90 bits per heavy atom. The number of likely N-dealkylation sites (tertiary alicyclic amines) is 1. The zero-order valence-corrected chi connectivity index (χ0v) is 18.8. The molecular formula is C26H35N3O. The lowest BCUT2D eigenvalue weighted by molar-refractivity contribution is 0.214. The Morgan fingerprint density at radius 3 is 2.63 bits per heavy atom. The van der Waals surface area contributed by atoms with Gasteiger partial charge in [-0.05, 0) is 95.1 Å². The molecule has 1 aliphatic heterocycles. The van der Waals surface area contributed by atoms with Crippen LogP contribution in [0, 0.1) is 6.92 Å². The molecule has 3 aromatic rings. The Morgan fingerprint density at radius 1 is 1.13 bits per heavy atom. The maximum atomic E-state index is 6.08. The lowest BCUT2D eigenvalue weighted by Gasteiger charge is -2.32. The van der Waals surface area contributed by atoms with Gasteiger partial charge in [0.05, 0.1) is 11.8 Å². The molecule has 0 radical (unpaired) electrons. The smallest absolute Gasteiger partial charge is 0.129 e. The van der Waals surface area contributed by atoms with E-state index in [1.54, 1.807) is 0 Å². The molecule has 0 spiro atoms. The number of hydrogen-bond donors (Lipinski definition) is 2. The summed E-state index contributed by atoms with van der Waals surface area (Å²) in [6.45, 7) is 11.0. The van der Waals surface area contributed by atoms with Gasteiger partial charge in [-0.1, -0.05) is 18.2 Å². The van der Waals surface area contributed by atoms with Crippen molar-refractivity contribution in [3.63, 3.8) is 0 Å². The normalized spacial score (nSPS) is 15.9. The molecule has 160 valence electrons. The number of rotatable bonds is 7. The summed E-state index contributed by atoms with van der Waals surface area (Å²) in [6.07, 6.45) is 2.65. The van der Waals surface area contributed by atoms with Crippen LogP contribution in [0.4, 0.5) is 0 Å². The number of fused-ring (bicyclic) bond motifs is 1. The van der Waals surface area contributed by atoms with Crippen molar-refractivity contribution in [1.29, 1.82) is 0 Å². The van der Waals surface area contributed by atoms with E-state index < -0.39 is 0 Å². The van der Waals surface area contributed by atoms with E-state index in [0.717, 1.165) is 24.4 Å². The second-order valence-electron chi connectivity index (χ2n) is 8.81. The molecule has 1 aromatic heterocycles. The molecule has 2 heterocycles. The van der Waals surface area contributed by atoms with Gasteiger partial charge in [0, 0.05) is 29.6 Å². The molecular weight excluding hydrogens is 370 g/mol. The van der Waals surface area contributed by atoms with Gasteiger partial charge in [0.25, 0.3) is 0 Å². The molecule has 4 heteroatoms. The first kappa shape index (κ1) is 21.0. The van der Waals surface area contributed by atoms with E-state index in [1.807, 2.05) is 13.1 Å². The van der Waals surface area contributed by atoms with E-state index in [-0.39, 0.29) is 6.10 Å². The molecule has 1 saturated heterocycles. The van der Waals surface area contributed by atoms with Gasteiger partial charge in [-0.2, -0.15) is 0 Å². The maximum Gasteiger partial charge on any atom is 0.129 e. The van der Waals surface area contributed by atoms with Crippen molar-refractivity contribution in [3.05, 3.63) is 53.6 Å². The summed E-state index contributed by atoms with van der Waals surface area (Å²) in [5.41, 5.74) is 6.30. The van der Waals surface area contributed by atoms with Gasteiger partial charge in [-0.3, -0.25) is 0 Å². The highest BCUT2D eigenvalue weighted by Gasteiger charge is 2.21. The first-order chi connectivity index (χ1) is 14.6. The van der Waals surface area contributed by atoms with Crippen molar-refractivity contribution < 1.29 is 4.74 Å². The third-order valence-electron chi connectivity index (χ3n) is 6.34. The number of hydrogen-bond acceptors (Lipinski definition) is 3. The number of nitrogens with one attached hydrogen (secondary N) is 2. The molecule has 0 unspecified atom stereocenters. The number of para-hydroxylation sites is 1. The Kier molecular flexibility index (Phi) is 6.45. The van der Waals surface area contributed by atoms with Crippen LogP contribution in [0.5, 0.6) is 5.75 Å². The SMILES string of the molecule is CNCCN1CCC(c2ccc3[nH]c(-c4ccccc4OC(C)C)c(C)c3c2)CC1. The largest absolute Gasteiger partial charge is 0.490 e. The first-order valence-electron chi connectivity index (χ1n) is 11.3. The number of ether oxygens (including phenoxy) is 1. The molecule has 0 aliphatic carbocycles. The number of aryl methyl sites for hydroxylation is 1. The number of benzene rings is 2. The lowest BCUT2D eigenvalue weighted by Crippen LogP contribution is -2.37. The van der Waals surface area contributed by atoms with Crippen LogP contribution in [0.1, 0.15) is 43.7 Å². The first-order valence-corrected chi connectivity index (χ1v) is 11.3. The van der Waals surface area contributed by atoms with E-state index in [0.29, 0.717) is 5.92 Å². The summed E-state index contributed by atoms with van der Waals surface area (Å²) >= 11 is 0. The summed E-state index contributed by atoms with van der Waals surface area (Å²) in [4.78, 5) is 6.24. The van der Waals surface area contributed by atoms with Crippen LogP contribution in [0.3, 0.4) is 0 Å². The third kappa shape index (κ3) is 4.40. The van der Waals surface area contributed by atoms with Gasteiger partial charge < -0.3 is 19.9 Å². The number of likely N-dealkylation sites (N-methyl/N-ethyl adjacent to an activating group) is 1. The van der Waals surface area contributed by atoms with E-state index in [1.165, 1.54) is 53.7 Å². The summed E-state index contributed by atoms with van der Waals surface area (Å²) in [5.74, 6) is 1.60. The average Bonchev–Trinajstić information content (AvgIpc) is 3.08. The molecule has 0 bridgehead atoms. The predicted molar refractivity (Wildman–Crippen MR) is 127 cm³/mol. The number of aromatic nitrogens is 1. The molecule has 0 atom stereocenters. The average molecular weight is 406 g/mol. The van der Waals surface area contributed by atoms with Gasteiger partial charge in [0.15, 0.2) is 0 Å². The molecule has 4 rings (SSSR count). The van der Waals surface area contributed by atoms with Crippen LogP contribution in [0.2, 0.25) is 0 Å². The molecule has 2 N–H and O–H groups in total. The second-order valence-corrected chi connectivity index (χ2v) is 8.81. The summed E-state index contributed by atoms with van der Waals surface area (Å²) in [6, 6.07) is 15.4. The predicted octanol–water partition coefficient (Wildman–Crippen LogP) is 5.33. The quantitative estimate of drug-likeness (QED) is 0.558. The minimum absolute atomic E-state index is 0.154. The van der Waals surface area contributed by atoms with Crippen LogP contribution < -0.4 is 10.1 Å². The Hall–Kier alpha value is -2.30. The van der Waals surface area contributed by atoms with Crippen molar-refractivity contribution in [3.8, 4) is 17.0 Å². The van der Waals surface area contributed by atoms with E-state index in [2.05, 4.69) is 72.4 Å². The number of aromatic amines is 1. The fourth-order valence-corrected chi connectivity index (χ4v) is 4.66. The Labute approximate surface area is 180 Å². The molecule has 0 saturated carbocycles. The van der Waals surface area contributed by atoms with Crippen LogP contribution in [0.25, 0.3) is 22.2 Å². The van der Waals surface area contributed by atoms with Gasteiger partial charge in [0.2, 0.25) is 0 Å². The molecule has 0 amide bonds. The Balaban J connectivity index is 1.59. The highest BCUT2D eigenvalue weighted by Crippen LogP contribution is 2.37. The van der Waals surface area contributed by atoms with Gasteiger partial charge in [-0.25, -0.2) is 0 Å². The van der Waals surface area contributed by atoms with E-state index in [9.17, 15) is 0 Å². The zero-order chi connectivity index (χ0) is 21.1. The zero-order valence-electron chi connectivity index (χ0n) is 18.8. The van der Waals surface area contributed by atoms with E-state index in [4.69, 9.17) is 4.74 Å². The molecule has 4 nitrogen and oxygen atoms in total.